The van der Waals surface area contributed by atoms with Gasteiger partial charge in [-0.1, -0.05) is 23.7 Å². The van der Waals surface area contributed by atoms with Crippen LogP contribution in [-0.2, 0) is 16.0 Å². The number of hydrogen-bond acceptors (Lipinski definition) is 3. The van der Waals surface area contributed by atoms with Crippen molar-refractivity contribution in [1.82, 2.24) is 10.2 Å². The van der Waals surface area contributed by atoms with Gasteiger partial charge in [-0.15, -0.1) is 0 Å². The molecule has 2 aliphatic rings. The molecule has 1 N–H and O–H groups in total. The molecule has 1 heterocycles. The quantitative estimate of drug-likeness (QED) is 0.884. The van der Waals surface area contributed by atoms with Crippen molar-refractivity contribution in [3.63, 3.8) is 0 Å². The van der Waals surface area contributed by atoms with E-state index in [1.54, 1.807) is 19.2 Å². The second-order valence-corrected chi connectivity index (χ2v) is 7.11. The lowest BCUT2D eigenvalue weighted by molar-refractivity contribution is -0.121. The van der Waals surface area contributed by atoms with E-state index in [9.17, 15) is 9.18 Å². The largest absolute Gasteiger partial charge is 0.380 e. The van der Waals surface area contributed by atoms with Crippen LogP contribution in [0, 0.1) is 5.82 Å². The van der Waals surface area contributed by atoms with E-state index < -0.39 is 5.82 Å². The highest BCUT2D eigenvalue weighted by Gasteiger charge is 2.36. The van der Waals surface area contributed by atoms with Gasteiger partial charge in [0.25, 0.3) is 0 Å². The third kappa shape index (κ3) is 3.90. The van der Waals surface area contributed by atoms with Gasteiger partial charge in [-0.05, 0) is 37.3 Å². The first kappa shape index (κ1) is 17.6. The molecule has 132 valence electrons. The Balaban J connectivity index is 1.58. The Morgan fingerprint density at radius 1 is 1.42 bits per heavy atom. The minimum atomic E-state index is -0.500. The maximum Gasteiger partial charge on any atom is 0.224 e. The Kier molecular flexibility index (Phi) is 5.74. The van der Waals surface area contributed by atoms with E-state index >= 15 is 0 Å². The first-order valence-corrected chi connectivity index (χ1v) is 8.95. The summed E-state index contributed by atoms with van der Waals surface area (Å²) in [6.45, 7) is 1.94. The second kappa shape index (κ2) is 7.81. The van der Waals surface area contributed by atoms with E-state index in [1.807, 2.05) is 0 Å². The number of carbonyl (C=O) groups is 1. The molecular weight excluding hydrogens is 331 g/mol. The van der Waals surface area contributed by atoms with Gasteiger partial charge in [0.15, 0.2) is 0 Å². The average molecular weight is 355 g/mol. The number of carbonyl (C=O) groups excluding carboxylic acids is 1. The minimum absolute atomic E-state index is 0.0241. The van der Waals surface area contributed by atoms with Crippen molar-refractivity contribution in [2.75, 3.05) is 20.2 Å². The van der Waals surface area contributed by atoms with E-state index in [0.717, 1.165) is 38.8 Å². The number of likely N-dealkylation sites (tertiary alicyclic amines) is 1. The third-order valence-electron chi connectivity index (χ3n) is 5.19. The van der Waals surface area contributed by atoms with Crippen molar-refractivity contribution < 1.29 is 13.9 Å². The van der Waals surface area contributed by atoms with Crippen LogP contribution in [0.2, 0.25) is 5.02 Å². The standard InChI is InChI=1S/C18H24ClFN2O2/c1-24-13-8-9-22(11-13)16-7-3-6-15(16)21-17(23)10-12-4-2-5-14(19)18(12)20/h2,4-5,13,15-16H,3,6-11H2,1H3,(H,21,23)/t13?,15-,16+/m1/s1. The summed E-state index contributed by atoms with van der Waals surface area (Å²) in [6, 6.07) is 5.26. The zero-order valence-corrected chi connectivity index (χ0v) is 14.7. The predicted octanol–water partition coefficient (Wildman–Crippen LogP) is 2.78. The van der Waals surface area contributed by atoms with Gasteiger partial charge < -0.3 is 10.1 Å². The van der Waals surface area contributed by atoms with Gasteiger partial charge in [-0.3, -0.25) is 9.69 Å². The highest BCUT2D eigenvalue weighted by molar-refractivity contribution is 6.30. The van der Waals surface area contributed by atoms with Crippen LogP contribution < -0.4 is 5.32 Å². The van der Waals surface area contributed by atoms with E-state index in [4.69, 9.17) is 16.3 Å². The van der Waals surface area contributed by atoms with Gasteiger partial charge in [0.1, 0.15) is 5.82 Å². The number of hydrogen-bond donors (Lipinski definition) is 1. The van der Waals surface area contributed by atoms with E-state index in [-0.39, 0.29) is 23.4 Å². The lowest BCUT2D eigenvalue weighted by atomic mass is 10.1. The SMILES string of the molecule is COC1CCN([C@H]2CCC[C@H]2NC(=O)Cc2cccc(Cl)c2F)C1. The first-order chi connectivity index (χ1) is 11.6. The van der Waals surface area contributed by atoms with E-state index in [2.05, 4.69) is 10.2 Å². The fraction of sp³-hybridized carbons (Fsp3) is 0.611. The number of ether oxygens (including phenoxy) is 1. The molecule has 4 nitrogen and oxygen atoms in total. The molecule has 1 aromatic rings. The van der Waals surface area contributed by atoms with Crippen molar-refractivity contribution in [2.45, 2.75) is 50.3 Å². The second-order valence-electron chi connectivity index (χ2n) is 6.70. The summed E-state index contributed by atoms with van der Waals surface area (Å²) in [7, 11) is 1.75. The smallest absolute Gasteiger partial charge is 0.224 e. The molecular formula is C18H24ClFN2O2. The summed E-state index contributed by atoms with van der Waals surface area (Å²) in [5.74, 6) is -0.643. The van der Waals surface area contributed by atoms with Crippen LogP contribution >= 0.6 is 11.6 Å². The number of nitrogens with one attached hydrogen (secondary N) is 1. The zero-order valence-electron chi connectivity index (χ0n) is 13.9. The maximum absolute atomic E-state index is 13.9. The molecule has 2 fully saturated rings. The molecule has 0 radical (unpaired) electrons. The van der Waals surface area contributed by atoms with Crippen molar-refractivity contribution in [2.24, 2.45) is 0 Å². The molecule has 3 rings (SSSR count). The Morgan fingerprint density at radius 3 is 3.00 bits per heavy atom. The van der Waals surface area contributed by atoms with Gasteiger partial charge in [0.2, 0.25) is 5.91 Å². The van der Waals surface area contributed by atoms with Crippen molar-refractivity contribution >= 4 is 17.5 Å². The molecule has 0 spiro atoms. The van der Waals surface area contributed by atoms with Gasteiger partial charge >= 0.3 is 0 Å². The topological polar surface area (TPSA) is 41.6 Å². The molecule has 6 heteroatoms. The Hall–Kier alpha value is -1.17. The molecule has 1 amide bonds. The number of nitrogens with zero attached hydrogens (tertiary/aromatic N) is 1. The number of benzene rings is 1. The van der Waals surface area contributed by atoms with Gasteiger partial charge in [0.05, 0.1) is 17.5 Å². The Labute approximate surface area is 147 Å². The molecule has 1 saturated heterocycles. The molecule has 0 bridgehead atoms. The van der Waals surface area contributed by atoms with Crippen LogP contribution in [0.3, 0.4) is 0 Å². The first-order valence-electron chi connectivity index (χ1n) is 8.57. The van der Waals surface area contributed by atoms with E-state index in [1.165, 1.54) is 6.07 Å². The van der Waals surface area contributed by atoms with Gasteiger partial charge in [0, 0.05) is 32.3 Å². The van der Waals surface area contributed by atoms with E-state index in [0.29, 0.717) is 17.7 Å². The monoisotopic (exact) mass is 354 g/mol. The van der Waals surface area contributed by atoms with Crippen molar-refractivity contribution in [3.05, 3.63) is 34.6 Å². The lowest BCUT2D eigenvalue weighted by Crippen LogP contribution is -2.48. The lowest BCUT2D eigenvalue weighted by Gasteiger charge is -2.30. The maximum atomic E-state index is 13.9. The molecule has 1 aliphatic carbocycles. The summed E-state index contributed by atoms with van der Waals surface area (Å²) in [5.41, 5.74) is 0.343. The average Bonchev–Trinajstić information content (AvgIpc) is 3.20. The zero-order chi connectivity index (χ0) is 17.1. The van der Waals surface area contributed by atoms with Crippen LogP contribution in [0.15, 0.2) is 18.2 Å². The van der Waals surface area contributed by atoms with Crippen LogP contribution in [-0.4, -0.2) is 49.2 Å². The number of halogens is 2. The summed E-state index contributed by atoms with van der Waals surface area (Å²) in [4.78, 5) is 14.8. The van der Waals surface area contributed by atoms with Crippen molar-refractivity contribution in [1.29, 1.82) is 0 Å². The summed E-state index contributed by atoms with van der Waals surface area (Å²) < 4.78 is 19.4. The molecule has 1 aromatic carbocycles. The number of methoxy groups -OCH3 is 1. The fourth-order valence-corrected chi connectivity index (χ4v) is 4.10. The molecule has 1 saturated carbocycles. The predicted molar refractivity (Wildman–Crippen MR) is 91.7 cm³/mol. The highest BCUT2D eigenvalue weighted by Crippen LogP contribution is 2.28. The summed E-state index contributed by atoms with van der Waals surface area (Å²) in [5, 5.41) is 3.16. The molecule has 1 aliphatic heterocycles. The van der Waals surface area contributed by atoms with Crippen LogP contribution in [0.4, 0.5) is 4.39 Å². The molecule has 0 aromatic heterocycles. The number of amides is 1. The number of rotatable bonds is 5. The normalized spacial score (nSPS) is 27.5. The van der Waals surface area contributed by atoms with Crippen LogP contribution in [0.5, 0.6) is 0 Å². The van der Waals surface area contributed by atoms with Gasteiger partial charge in [-0.2, -0.15) is 0 Å². The highest BCUT2D eigenvalue weighted by atomic mass is 35.5. The molecule has 1 unspecified atom stereocenters. The molecule has 24 heavy (non-hydrogen) atoms. The fourth-order valence-electron chi connectivity index (χ4n) is 3.91. The summed E-state index contributed by atoms with van der Waals surface area (Å²) >= 11 is 5.78. The van der Waals surface area contributed by atoms with Gasteiger partial charge in [-0.25, -0.2) is 4.39 Å². The minimum Gasteiger partial charge on any atom is -0.380 e. The Bertz CT molecular complexity index is 598. The third-order valence-corrected chi connectivity index (χ3v) is 5.48. The van der Waals surface area contributed by atoms with Crippen LogP contribution in [0.1, 0.15) is 31.2 Å². The Morgan fingerprint density at radius 2 is 2.25 bits per heavy atom. The van der Waals surface area contributed by atoms with Crippen molar-refractivity contribution in [3.8, 4) is 0 Å². The summed E-state index contributed by atoms with van der Waals surface area (Å²) in [6.07, 6.45) is 4.53. The molecule has 3 atom stereocenters. The van der Waals surface area contributed by atoms with Crippen LogP contribution in [0.25, 0.3) is 0 Å².